The molecule has 2 rings (SSSR count). The Bertz CT molecular complexity index is 465. The fourth-order valence-electron chi connectivity index (χ4n) is 2.21. The molecule has 0 radical (unpaired) electrons. The lowest BCUT2D eigenvalue weighted by molar-refractivity contribution is -0.127. The maximum atomic E-state index is 12.0. The van der Waals surface area contributed by atoms with Crippen LogP contribution in [0.4, 0.5) is 0 Å². The van der Waals surface area contributed by atoms with Crippen LogP contribution in [0.1, 0.15) is 18.5 Å². The van der Waals surface area contributed by atoms with Crippen LogP contribution in [0.2, 0.25) is 0 Å². The van der Waals surface area contributed by atoms with Gasteiger partial charge in [0.05, 0.1) is 0 Å². The van der Waals surface area contributed by atoms with Crippen molar-refractivity contribution in [1.82, 2.24) is 10.2 Å². The smallest absolute Gasteiger partial charge is 0.246 e. The van der Waals surface area contributed by atoms with Crippen LogP contribution in [0.25, 0.3) is 0 Å². The summed E-state index contributed by atoms with van der Waals surface area (Å²) in [5, 5.41) is 3.46. The lowest BCUT2D eigenvalue weighted by Gasteiger charge is -2.33. The summed E-state index contributed by atoms with van der Waals surface area (Å²) in [5.74, 6) is 0.0838. The van der Waals surface area contributed by atoms with E-state index < -0.39 is 0 Å². The van der Waals surface area contributed by atoms with Gasteiger partial charge in [-0.25, -0.2) is 0 Å². The van der Waals surface area contributed by atoms with Crippen molar-refractivity contribution in [2.24, 2.45) is 0 Å². The van der Waals surface area contributed by atoms with Crippen molar-refractivity contribution in [3.63, 3.8) is 0 Å². The number of piperazine rings is 1. The molecule has 3 nitrogen and oxygen atoms in total. The highest BCUT2D eigenvalue weighted by atomic mass is 16.2. The standard InChI is InChI=1S/C16H20N2O/c1-2-3-5-10-16(19)18-12-11-17-15(13-18)14-8-6-4-7-9-14/h2-10,15,17H,11-13H2,1H3/b3-2+,10-5+. The lowest BCUT2D eigenvalue weighted by atomic mass is 10.0. The lowest BCUT2D eigenvalue weighted by Crippen LogP contribution is -2.47. The van der Waals surface area contributed by atoms with Gasteiger partial charge in [-0.2, -0.15) is 0 Å². The van der Waals surface area contributed by atoms with Crippen LogP contribution >= 0.6 is 0 Å². The Morgan fingerprint density at radius 1 is 1.32 bits per heavy atom. The number of amides is 1. The van der Waals surface area contributed by atoms with Gasteiger partial charge in [0.1, 0.15) is 0 Å². The molecular formula is C16H20N2O. The number of allylic oxidation sites excluding steroid dienone is 3. The molecule has 1 heterocycles. The van der Waals surface area contributed by atoms with Gasteiger partial charge in [-0.05, 0) is 12.5 Å². The molecule has 0 aliphatic carbocycles. The van der Waals surface area contributed by atoms with E-state index in [2.05, 4.69) is 17.4 Å². The average Bonchev–Trinajstić information content (AvgIpc) is 2.48. The Morgan fingerprint density at radius 3 is 2.84 bits per heavy atom. The van der Waals surface area contributed by atoms with Crippen LogP contribution in [0.5, 0.6) is 0 Å². The maximum absolute atomic E-state index is 12.0. The Hall–Kier alpha value is -1.87. The normalized spacial score (nSPS) is 20.3. The van der Waals surface area contributed by atoms with Gasteiger partial charge < -0.3 is 10.2 Å². The molecule has 1 fully saturated rings. The molecule has 100 valence electrons. The predicted molar refractivity (Wildman–Crippen MR) is 77.7 cm³/mol. The minimum atomic E-state index is 0.0838. The van der Waals surface area contributed by atoms with E-state index in [-0.39, 0.29) is 11.9 Å². The summed E-state index contributed by atoms with van der Waals surface area (Å²) < 4.78 is 0. The van der Waals surface area contributed by atoms with Crippen LogP contribution in [0.3, 0.4) is 0 Å². The number of carbonyl (C=O) groups excluding carboxylic acids is 1. The van der Waals surface area contributed by atoms with Gasteiger partial charge in [-0.15, -0.1) is 0 Å². The molecule has 1 unspecified atom stereocenters. The van der Waals surface area contributed by atoms with E-state index in [0.717, 1.165) is 19.6 Å². The van der Waals surface area contributed by atoms with E-state index in [1.165, 1.54) is 5.56 Å². The quantitative estimate of drug-likeness (QED) is 0.665. The average molecular weight is 256 g/mol. The third-order valence-corrected chi connectivity index (χ3v) is 3.23. The van der Waals surface area contributed by atoms with Crippen molar-refractivity contribution < 1.29 is 4.79 Å². The topological polar surface area (TPSA) is 32.3 Å². The first-order chi connectivity index (χ1) is 9.31. The summed E-state index contributed by atoms with van der Waals surface area (Å²) >= 11 is 0. The molecule has 1 N–H and O–H groups in total. The number of hydrogen-bond donors (Lipinski definition) is 1. The summed E-state index contributed by atoms with van der Waals surface area (Å²) in [5.41, 5.74) is 1.23. The predicted octanol–water partition coefficient (Wildman–Crippen LogP) is 2.29. The van der Waals surface area contributed by atoms with Crippen LogP contribution in [-0.4, -0.2) is 30.4 Å². The Labute approximate surface area is 114 Å². The molecular weight excluding hydrogens is 236 g/mol. The number of carbonyl (C=O) groups is 1. The molecule has 1 aromatic carbocycles. The first-order valence-corrected chi connectivity index (χ1v) is 6.68. The second kappa shape index (κ2) is 6.90. The van der Waals surface area contributed by atoms with Crippen molar-refractivity contribution in [3.8, 4) is 0 Å². The molecule has 1 atom stereocenters. The number of rotatable bonds is 3. The van der Waals surface area contributed by atoms with E-state index in [1.807, 2.05) is 42.2 Å². The Morgan fingerprint density at radius 2 is 2.11 bits per heavy atom. The molecule has 1 amide bonds. The monoisotopic (exact) mass is 256 g/mol. The van der Waals surface area contributed by atoms with Gasteiger partial charge in [0, 0.05) is 31.8 Å². The fourth-order valence-corrected chi connectivity index (χ4v) is 2.21. The van der Waals surface area contributed by atoms with Gasteiger partial charge >= 0.3 is 0 Å². The van der Waals surface area contributed by atoms with Gasteiger partial charge in [0.25, 0.3) is 0 Å². The highest BCUT2D eigenvalue weighted by Crippen LogP contribution is 2.16. The Kier molecular flexibility index (Phi) is 4.93. The zero-order valence-electron chi connectivity index (χ0n) is 11.3. The summed E-state index contributed by atoms with van der Waals surface area (Å²) in [6.45, 7) is 4.26. The van der Waals surface area contributed by atoms with Crippen LogP contribution in [-0.2, 0) is 4.79 Å². The van der Waals surface area contributed by atoms with Crippen molar-refractivity contribution in [1.29, 1.82) is 0 Å². The number of benzene rings is 1. The van der Waals surface area contributed by atoms with Crippen molar-refractivity contribution >= 4 is 5.91 Å². The number of nitrogens with zero attached hydrogens (tertiary/aromatic N) is 1. The first kappa shape index (κ1) is 13.6. The first-order valence-electron chi connectivity index (χ1n) is 6.68. The Balaban J connectivity index is 1.99. The van der Waals surface area contributed by atoms with Crippen LogP contribution in [0.15, 0.2) is 54.6 Å². The van der Waals surface area contributed by atoms with Crippen LogP contribution < -0.4 is 5.32 Å². The maximum Gasteiger partial charge on any atom is 0.246 e. The van der Waals surface area contributed by atoms with Gasteiger partial charge in [-0.1, -0.05) is 48.6 Å². The second-order valence-electron chi connectivity index (χ2n) is 4.59. The van der Waals surface area contributed by atoms with E-state index in [9.17, 15) is 4.79 Å². The van der Waals surface area contributed by atoms with Crippen LogP contribution in [0, 0.1) is 0 Å². The van der Waals surface area contributed by atoms with Gasteiger partial charge in [0.15, 0.2) is 0 Å². The van der Waals surface area contributed by atoms with Crippen molar-refractivity contribution in [3.05, 3.63) is 60.2 Å². The van der Waals surface area contributed by atoms with E-state index >= 15 is 0 Å². The van der Waals surface area contributed by atoms with Gasteiger partial charge in [0.2, 0.25) is 5.91 Å². The van der Waals surface area contributed by atoms with E-state index in [4.69, 9.17) is 0 Å². The third kappa shape index (κ3) is 3.80. The highest BCUT2D eigenvalue weighted by molar-refractivity contribution is 5.88. The molecule has 1 aliphatic heterocycles. The highest BCUT2D eigenvalue weighted by Gasteiger charge is 2.22. The molecule has 0 spiro atoms. The minimum Gasteiger partial charge on any atom is -0.336 e. The number of hydrogen-bond acceptors (Lipinski definition) is 2. The molecule has 0 bridgehead atoms. The zero-order valence-corrected chi connectivity index (χ0v) is 11.3. The largest absolute Gasteiger partial charge is 0.336 e. The second-order valence-corrected chi connectivity index (χ2v) is 4.59. The fraction of sp³-hybridized carbons (Fsp3) is 0.312. The summed E-state index contributed by atoms with van der Waals surface area (Å²) in [6.07, 6.45) is 7.21. The van der Waals surface area contributed by atoms with Crippen molar-refractivity contribution in [2.75, 3.05) is 19.6 Å². The molecule has 0 aromatic heterocycles. The third-order valence-electron chi connectivity index (χ3n) is 3.23. The van der Waals surface area contributed by atoms with Gasteiger partial charge in [-0.3, -0.25) is 4.79 Å². The van der Waals surface area contributed by atoms with E-state index in [1.54, 1.807) is 12.2 Å². The molecule has 0 saturated carbocycles. The molecule has 1 aliphatic rings. The molecule has 19 heavy (non-hydrogen) atoms. The molecule has 3 heteroatoms. The summed E-state index contributed by atoms with van der Waals surface area (Å²) in [6, 6.07) is 10.5. The minimum absolute atomic E-state index is 0.0838. The van der Waals surface area contributed by atoms with E-state index in [0.29, 0.717) is 0 Å². The summed E-state index contributed by atoms with van der Waals surface area (Å²) in [4.78, 5) is 13.9. The summed E-state index contributed by atoms with van der Waals surface area (Å²) in [7, 11) is 0. The SMILES string of the molecule is C/C=C/C=C/C(=O)N1CCNC(c2ccccc2)C1. The zero-order chi connectivity index (χ0) is 13.5. The molecule has 1 saturated heterocycles. The van der Waals surface area contributed by atoms with Crippen molar-refractivity contribution in [2.45, 2.75) is 13.0 Å². The molecule has 1 aromatic rings. The number of nitrogens with one attached hydrogen (secondary N) is 1.